The molecule has 2 aliphatic rings. The second-order valence-electron chi connectivity index (χ2n) is 8.21. The summed E-state index contributed by atoms with van der Waals surface area (Å²) in [6, 6.07) is 0.728. The van der Waals surface area contributed by atoms with Crippen molar-refractivity contribution in [1.82, 2.24) is 30.3 Å². The summed E-state index contributed by atoms with van der Waals surface area (Å²) in [5, 5.41) is 15.2. The molecule has 2 atom stereocenters. The zero-order valence-corrected chi connectivity index (χ0v) is 18.3. The number of nitrogens with zero attached hydrogens (tertiary/aromatic N) is 5. The van der Waals surface area contributed by atoms with Crippen LogP contribution in [0.1, 0.15) is 58.2 Å². The Hall–Kier alpha value is -1.67. The first-order valence-electron chi connectivity index (χ1n) is 11.5. The lowest BCUT2D eigenvalue weighted by molar-refractivity contribution is 0.117. The average molecular weight is 406 g/mol. The molecule has 2 N–H and O–H groups in total. The molecule has 2 unspecified atom stereocenters. The second-order valence-corrected chi connectivity index (χ2v) is 8.21. The van der Waals surface area contributed by atoms with Gasteiger partial charge in [0.25, 0.3) is 0 Å². The minimum Gasteiger partial charge on any atom is -0.376 e. The summed E-state index contributed by atoms with van der Waals surface area (Å²) in [6.45, 7) is 11.0. The van der Waals surface area contributed by atoms with Gasteiger partial charge in [-0.25, -0.2) is 0 Å². The topological polar surface area (TPSA) is 79.6 Å². The molecule has 29 heavy (non-hydrogen) atoms. The van der Waals surface area contributed by atoms with E-state index in [0.717, 1.165) is 82.8 Å². The fraction of sp³-hybridized carbons (Fsp3) is 0.857. The molecule has 164 valence electrons. The highest BCUT2D eigenvalue weighted by Gasteiger charge is 2.17. The maximum atomic E-state index is 5.72. The maximum absolute atomic E-state index is 5.72. The van der Waals surface area contributed by atoms with Crippen molar-refractivity contribution in [1.29, 1.82) is 0 Å². The first-order valence-corrected chi connectivity index (χ1v) is 11.5. The normalized spacial score (nSPS) is 23.4. The smallest absolute Gasteiger partial charge is 0.191 e. The first kappa shape index (κ1) is 22.0. The Morgan fingerprint density at radius 2 is 2.10 bits per heavy atom. The Kier molecular flexibility index (Phi) is 9.21. The molecule has 8 nitrogen and oxygen atoms in total. The monoisotopic (exact) mass is 405 g/mol. The molecule has 2 saturated heterocycles. The molecule has 0 aliphatic carbocycles. The van der Waals surface area contributed by atoms with Gasteiger partial charge in [0, 0.05) is 45.2 Å². The summed E-state index contributed by atoms with van der Waals surface area (Å²) in [7, 11) is 0. The maximum Gasteiger partial charge on any atom is 0.191 e. The van der Waals surface area contributed by atoms with Gasteiger partial charge in [-0.3, -0.25) is 4.99 Å². The zero-order chi connectivity index (χ0) is 20.3. The minimum atomic E-state index is 0.271. The van der Waals surface area contributed by atoms with Crippen LogP contribution in [0.3, 0.4) is 0 Å². The van der Waals surface area contributed by atoms with E-state index in [4.69, 9.17) is 9.73 Å². The molecule has 3 rings (SSSR count). The SMILES string of the molecule is CCc1nncn1CCNC(=NCC1CCCO1)NCCCN1CCCCC1C. The zero-order valence-electron chi connectivity index (χ0n) is 18.3. The van der Waals surface area contributed by atoms with Crippen molar-refractivity contribution >= 4 is 5.96 Å². The number of likely N-dealkylation sites (tertiary alicyclic amines) is 1. The molecule has 0 aromatic carbocycles. The second kappa shape index (κ2) is 12.1. The van der Waals surface area contributed by atoms with Crippen molar-refractivity contribution in [3.05, 3.63) is 12.2 Å². The highest BCUT2D eigenvalue weighted by atomic mass is 16.5. The lowest BCUT2D eigenvalue weighted by Crippen LogP contribution is -2.42. The molecule has 1 aromatic heterocycles. The Morgan fingerprint density at radius 1 is 1.21 bits per heavy atom. The van der Waals surface area contributed by atoms with Crippen molar-refractivity contribution in [2.75, 3.05) is 39.3 Å². The van der Waals surface area contributed by atoms with Crippen LogP contribution in [0.25, 0.3) is 0 Å². The molecule has 0 bridgehead atoms. The van der Waals surface area contributed by atoms with E-state index in [-0.39, 0.29) is 6.10 Å². The van der Waals surface area contributed by atoms with Crippen molar-refractivity contribution < 1.29 is 4.74 Å². The van der Waals surface area contributed by atoms with Crippen LogP contribution in [0.15, 0.2) is 11.3 Å². The van der Waals surface area contributed by atoms with Gasteiger partial charge in [0.15, 0.2) is 5.96 Å². The van der Waals surface area contributed by atoms with Gasteiger partial charge in [-0.2, -0.15) is 0 Å². The van der Waals surface area contributed by atoms with Crippen LogP contribution in [0.4, 0.5) is 0 Å². The van der Waals surface area contributed by atoms with E-state index in [1.807, 2.05) is 0 Å². The van der Waals surface area contributed by atoms with Gasteiger partial charge in [-0.05, 0) is 45.6 Å². The van der Waals surface area contributed by atoms with Gasteiger partial charge in [-0.15, -0.1) is 10.2 Å². The first-order chi connectivity index (χ1) is 14.3. The van der Waals surface area contributed by atoms with Gasteiger partial charge in [-0.1, -0.05) is 13.3 Å². The molecule has 2 aliphatic heterocycles. The number of hydrogen-bond donors (Lipinski definition) is 2. The molecule has 0 amide bonds. The molecule has 3 heterocycles. The van der Waals surface area contributed by atoms with Gasteiger partial charge in [0.2, 0.25) is 0 Å². The van der Waals surface area contributed by atoms with E-state index in [2.05, 4.69) is 44.1 Å². The standard InChI is InChI=1S/C21H39N7O/c1-3-20-26-25-17-28(20)14-11-23-21(24-16-19-9-6-15-29-19)22-10-7-13-27-12-5-4-8-18(27)2/h17-19H,3-16H2,1-2H3,(H2,22,23,24). The van der Waals surface area contributed by atoms with Crippen molar-refractivity contribution in [3.8, 4) is 0 Å². The lowest BCUT2D eigenvalue weighted by atomic mass is 10.0. The van der Waals surface area contributed by atoms with Crippen LogP contribution in [-0.4, -0.2) is 77.1 Å². The fourth-order valence-electron chi connectivity index (χ4n) is 4.17. The number of aromatic nitrogens is 3. The lowest BCUT2D eigenvalue weighted by Gasteiger charge is -2.33. The summed E-state index contributed by atoms with van der Waals surface area (Å²) >= 11 is 0. The highest BCUT2D eigenvalue weighted by Crippen LogP contribution is 2.16. The largest absolute Gasteiger partial charge is 0.376 e. The number of ether oxygens (including phenoxy) is 1. The fourth-order valence-corrected chi connectivity index (χ4v) is 4.17. The summed E-state index contributed by atoms with van der Waals surface area (Å²) in [6.07, 6.45) is 10.4. The molecule has 2 fully saturated rings. The summed E-state index contributed by atoms with van der Waals surface area (Å²) in [5.74, 6) is 1.91. The van der Waals surface area contributed by atoms with Crippen molar-refractivity contribution in [2.45, 2.75) is 77.5 Å². The Labute approximate surface area is 175 Å². The number of aryl methyl sites for hydroxylation is 1. The highest BCUT2D eigenvalue weighted by molar-refractivity contribution is 5.79. The van der Waals surface area contributed by atoms with Gasteiger partial charge < -0.3 is 24.8 Å². The van der Waals surface area contributed by atoms with Gasteiger partial charge in [0.05, 0.1) is 12.6 Å². The third-order valence-corrected chi connectivity index (χ3v) is 5.99. The molecular formula is C21H39N7O. The summed E-state index contributed by atoms with van der Waals surface area (Å²) in [4.78, 5) is 7.41. The van der Waals surface area contributed by atoms with Crippen LogP contribution < -0.4 is 10.6 Å². The van der Waals surface area contributed by atoms with Crippen LogP contribution >= 0.6 is 0 Å². The van der Waals surface area contributed by atoms with E-state index in [1.54, 1.807) is 6.33 Å². The molecule has 0 saturated carbocycles. The van der Waals surface area contributed by atoms with E-state index < -0.39 is 0 Å². The molecule has 0 radical (unpaired) electrons. The number of piperidine rings is 1. The Balaban J connectivity index is 1.42. The van der Waals surface area contributed by atoms with Crippen LogP contribution in [0, 0.1) is 0 Å². The van der Waals surface area contributed by atoms with Gasteiger partial charge >= 0.3 is 0 Å². The third kappa shape index (κ3) is 7.26. The van der Waals surface area contributed by atoms with Crippen molar-refractivity contribution in [3.63, 3.8) is 0 Å². The van der Waals surface area contributed by atoms with E-state index >= 15 is 0 Å². The number of guanidine groups is 1. The van der Waals surface area contributed by atoms with Crippen LogP contribution in [-0.2, 0) is 17.7 Å². The molecule has 0 spiro atoms. The summed E-state index contributed by atoms with van der Waals surface area (Å²) in [5.41, 5.74) is 0. The average Bonchev–Trinajstić information content (AvgIpc) is 3.41. The van der Waals surface area contributed by atoms with E-state index in [9.17, 15) is 0 Å². The quantitative estimate of drug-likeness (QED) is 0.351. The minimum absolute atomic E-state index is 0.271. The molecule has 8 heteroatoms. The molecular weight excluding hydrogens is 366 g/mol. The predicted octanol–water partition coefficient (Wildman–Crippen LogP) is 1.82. The number of hydrogen-bond acceptors (Lipinski definition) is 5. The number of rotatable bonds is 10. The number of nitrogens with one attached hydrogen (secondary N) is 2. The Morgan fingerprint density at radius 3 is 2.90 bits per heavy atom. The van der Waals surface area contributed by atoms with E-state index in [1.165, 1.54) is 25.8 Å². The van der Waals surface area contributed by atoms with Crippen LogP contribution in [0.5, 0.6) is 0 Å². The van der Waals surface area contributed by atoms with Crippen molar-refractivity contribution in [2.24, 2.45) is 4.99 Å². The number of aliphatic imine (C=N–C) groups is 1. The van der Waals surface area contributed by atoms with Crippen LogP contribution in [0.2, 0.25) is 0 Å². The summed E-state index contributed by atoms with van der Waals surface area (Å²) < 4.78 is 7.82. The third-order valence-electron chi connectivity index (χ3n) is 5.99. The van der Waals surface area contributed by atoms with Gasteiger partial charge in [0.1, 0.15) is 12.2 Å². The Bertz CT molecular complexity index is 612. The predicted molar refractivity (Wildman–Crippen MR) is 116 cm³/mol. The van der Waals surface area contributed by atoms with E-state index in [0.29, 0.717) is 0 Å². The molecule has 1 aromatic rings.